The Kier molecular flexibility index (Phi) is 6.09. The molecule has 0 fully saturated rings. The molecule has 21 heavy (non-hydrogen) atoms. The second-order valence-corrected chi connectivity index (χ2v) is 5.82. The van der Waals surface area contributed by atoms with E-state index in [4.69, 9.17) is 0 Å². The van der Waals surface area contributed by atoms with Crippen molar-refractivity contribution in [1.82, 2.24) is 10.4 Å². The number of nitrogens with zero attached hydrogens (tertiary/aromatic N) is 2. The monoisotopic (exact) mass is 299 g/mol. The molecule has 1 N–H and O–H groups in total. The summed E-state index contributed by atoms with van der Waals surface area (Å²) in [6, 6.07) is 11.5. The Balaban J connectivity index is 2.15. The molecule has 0 saturated heterocycles. The zero-order valence-corrected chi connectivity index (χ0v) is 13.0. The minimum atomic E-state index is -0.234. The predicted molar refractivity (Wildman–Crippen MR) is 85.3 cm³/mol. The number of pyridine rings is 1. The zero-order chi connectivity index (χ0) is 14.9. The average Bonchev–Trinajstić information content (AvgIpc) is 2.52. The number of hydrogen-bond donors (Lipinski definition) is 1. The van der Waals surface area contributed by atoms with Crippen molar-refractivity contribution in [3.05, 3.63) is 65.7 Å². The van der Waals surface area contributed by atoms with Crippen molar-refractivity contribution in [2.24, 2.45) is 5.10 Å². The summed E-state index contributed by atoms with van der Waals surface area (Å²) < 4.78 is 13.1. The van der Waals surface area contributed by atoms with E-state index in [0.29, 0.717) is 6.42 Å². The van der Waals surface area contributed by atoms with Gasteiger partial charge in [0.1, 0.15) is 5.82 Å². The fourth-order valence-electron chi connectivity index (χ4n) is 1.87. The van der Waals surface area contributed by atoms with Crippen molar-refractivity contribution in [2.75, 3.05) is 6.54 Å². The van der Waals surface area contributed by atoms with Crippen LogP contribution in [0.15, 0.2) is 53.9 Å². The van der Waals surface area contributed by atoms with Crippen LogP contribution in [0, 0.1) is 5.82 Å². The summed E-state index contributed by atoms with van der Waals surface area (Å²) in [6.07, 6.45) is 4.22. The van der Waals surface area contributed by atoms with E-state index >= 15 is 0 Å². The Labute approximate surface area is 127 Å². The fraction of sp³-hybridized carbons (Fsp3) is 0.250. The SMILES string of the molecule is C[Si]CCNN=C(Cc1ccncc1)c1ccc(F)cc1. The lowest BCUT2D eigenvalue weighted by Gasteiger charge is -2.08. The highest BCUT2D eigenvalue weighted by Crippen LogP contribution is 2.09. The van der Waals surface area contributed by atoms with E-state index in [0.717, 1.165) is 38.9 Å². The van der Waals surface area contributed by atoms with Gasteiger partial charge in [0.2, 0.25) is 0 Å². The van der Waals surface area contributed by atoms with E-state index in [1.807, 2.05) is 12.1 Å². The molecule has 0 atom stereocenters. The summed E-state index contributed by atoms with van der Waals surface area (Å²) >= 11 is 0. The van der Waals surface area contributed by atoms with Crippen molar-refractivity contribution >= 4 is 15.2 Å². The van der Waals surface area contributed by atoms with E-state index in [9.17, 15) is 4.39 Å². The summed E-state index contributed by atoms with van der Waals surface area (Å²) in [5.74, 6) is -0.234. The van der Waals surface area contributed by atoms with Gasteiger partial charge in [-0.1, -0.05) is 18.7 Å². The number of aromatic nitrogens is 1. The number of benzene rings is 1. The van der Waals surface area contributed by atoms with E-state index in [2.05, 4.69) is 22.1 Å². The van der Waals surface area contributed by atoms with Gasteiger partial charge in [-0.2, -0.15) is 5.10 Å². The van der Waals surface area contributed by atoms with Gasteiger partial charge in [0.15, 0.2) is 0 Å². The van der Waals surface area contributed by atoms with Gasteiger partial charge in [0.25, 0.3) is 0 Å². The minimum Gasteiger partial charge on any atom is -0.310 e. The first-order valence-electron chi connectivity index (χ1n) is 6.88. The second-order valence-electron chi connectivity index (χ2n) is 4.61. The third-order valence-electron chi connectivity index (χ3n) is 3.00. The molecular weight excluding hydrogens is 281 g/mol. The van der Waals surface area contributed by atoms with Crippen LogP contribution in [0.4, 0.5) is 4.39 Å². The van der Waals surface area contributed by atoms with Crippen LogP contribution in [0.3, 0.4) is 0 Å². The topological polar surface area (TPSA) is 37.3 Å². The van der Waals surface area contributed by atoms with Crippen LogP contribution >= 0.6 is 0 Å². The molecule has 1 heterocycles. The van der Waals surface area contributed by atoms with Crippen LogP contribution in [-0.2, 0) is 6.42 Å². The lowest BCUT2D eigenvalue weighted by atomic mass is 10.0. The van der Waals surface area contributed by atoms with Crippen LogP contribution in [0.5, 0.6) is 0 Å². The van der Waals surface area contributed by atoms with Crippen LogP contribution < -0.4 is 5.43 Å². The molecule has 2 radical (unpaired) electrons. The van der Waals surface area contributed by atoms with Crippen LogP contribution in [0.25, 0.3) is 0 Å². The molecule has 0 aliphatic heterocycles. The molecule has 0 aliphatic rings. The van der Waals surface area contributed by atoms with Crippen LogP contribution in [0.1, 0.15) is 11.1 Å². The minimum absolute atomic E-state index is 0.234. The molecule has 5 heteroatoms. The molecule has 2 rings (SSSR count). The Morgan fingerprint density at radius 2 is 1.90 bits per heavy atom. The zero-order valence-electron chi connectivity index (χ0n) is 12.0. The van der Waals surface area contributed by atoms with Gasteiger partial charge >= 0.3 is 0 Å². The van der Waals surface area contributed by atoms with Crippen molar-refractivity contribution < 1.29 is 4.39 Å². The summed E-state index contributed by atoms with van der Waals surface area (Å²) in [7, 11) is 0.910. The largest absolute Gasteiger partial charge is 0.310 e. The highest BCUT2D eigenvalue weighted by atomic mass is 28.2. The molecular formula is C16H18FN3Si. The number of halogens is 1. The number of hydrazone groups is 1. The molecule has 1 aromatic carbocycles. The Morgan fingerprint density at radius 3 is 2.57 bits per heavy atom. The third kappa shape index (κ3) is 5.11. The van der Waals surface area contributed by atoms with Gasteiger partial charge in [-0.15, -0.1) is 0 Å². The molecule has 0 bridgehead atoms. The Hall–Kier alpha value is -2.01. The molecule has 3 nitrogen and oxygen atoms in total. The number of rotatable bonds is 7. The molecule has 0 spiro atoms. The predicted octanol–water partition coefficient (Wildman–Crippen LogP) is 2.93. The quantitative estimate of drug-likeness (QED) is 0.369. The van der Waals surface area contributed by atoms with E-state index in [1.54, 1.807) is 24.5 Å². The lowest BCUT2D eigenvalue weighted by molar-refractivity contribution is 0.627. The van der Waals surface area contributed by atoms with Crippen molar-refractivity contribution in [3.8, 4) is 0 Å². The average molecular weight is 299 g/mol. The Bertz CT molecular complexity index is 570. The van der Waals surface area contributed by atoms with E-state index in [-0.39, 0.29) is 5.82 Å². The summed E-state index contributed by atoms with van der Waals surface area (Å²) in [5, 5.41) is 4.48. The summed E-state index contributed by atoms with van der Waals surface area (Å²) in [5.41, 5.74) is 6.07. The first-order chi connectivity index (χ1) is 10.3. The van der Waals surface area contributed by atoms with Crippen LogP contribution in [-0.4, -0.2) is 26.8 Å². The van der Waals surface area contributed by atoms with Crippen molar-refractivity contribution in [2.45, 2.75) is 19.0 Å². The second kappa shape index (κ2) is 8.31. The molecule has 2 aromatic rings. The van der Waals surface area contributed by atoms with Crippen molar-refractivity contribution in [3.63, 3.8) is 0 Å². The molecule has 0 saturated carbocycles. The number of nitrogens with one attached hydrogen (secondary N) is 1. The maximum atomic E-state index is 13.1. The maximum absolute atomic E-state index is 13.1. The molecule has 0 amide bonds. The summed E-state index contributed by atoms with van der Waals surface area (Å²) in [6.45, 7) is 3.03. The van der Waals surface area contributed by atoms with Gasteiger partial charge in [-0.05, 0) is 41.4 Å². The van der Waals surface area contributed by atoms with Crippen LogP contribution in [0.2, 0.25) is 12.6 Å². The molecule has 0 unspecified atom stereocenters. The number of hydrogen-bond acceptors (Lipinski definition) is 3. The fourth-order valence-corrected chi connectivity index (χ4v) is 2.24. The van der Waals surface area contributed by atoms with E-state index in [1.165, 1.54) is 12.1 Å². The highest BCUT2D eigenvalue weighted by molar-refractivity contribution is 6.33. The first-order valence-corrected chi connectivity index (χ1v) is 8.59. The first kappa shape index (κ1) is 15.4. The van der Waals surface area contributed by atoms with Gasteiger partial charge in [0.05, 0.1) is 5.71 Å². The normalized spacial score (nSPS) is 11.4. The van der Waals surface area contributed by atoms with Gasteiger partial charge in [-0.25, -0.2) is 4.39 Å². The molecule has 0 aliphatic carbocycles. The maximum Gasteiger partial charge on any atom is 0.123 e. The van der Waals surface area contributed by atoms with Crippen molar-refractivity contribution in [1.29, 1.82) is 0 Å². The Morgan fingerprint density at radius 1 is 1.19 bits per heavy atom. The smallest absolute Gasteiger partial charge is 0.123 e. The molecule has 108 valence electrons. The van der Waals surface area contributed by atoms with Gasteiger partial charge in [-0.3, -0.25) is 4.98 Å². The standard InChI is InChI=1S/C16H18FN3Si/c1-21-11-10-19-20-16(12-13-6-8-18-9-7-13)14-2-4-15(17)5-3-14/h2-9,19H,10-12H2,1H3. The third-order valence-corrected chi connectivity index (χ3v) is 3.75. The van der Waals surface area contributed by atoms with Gasteiger partial charge in [0, 0.05) is 34.9 Å². The highest BCUT2D eigenvalue weighted by Gasteiger charge is 2.06. The lowest BCUT2D eigenvalue weighted by Crippen LogP contribution is -2.15. The summed E-state index contributed by atoms with van der Waals surface area (Å²) in [4.78, 5) is 4.02. The molecule has 1 aromatic heterocycles. The van der Waals surface area contributed by atoms with Gasteiger partial charge < -0.3 is 5.43 Å². The van der Waals surface area contributed by atoms with E-state index < -0.39 is 0 Å².